The van der Waals surface area contributed by atoms with E-state index in [1.165, 1.54) is 5.56 Å². The number of urea groups is 1. The van der Waals surface area contributed by atoms with Crippen molar-refractivity contribution in [1.29, 1.82) is 0 Å². The van der Waals surface area contributed by atoms with Gasteiger partial charge in [-0.2, -0.15) is 0 Å². The van der Waals surface area contributed by atoms with Gasteiger partial charge in [0, 0.05) is 6.20 Å². The highest BCUT2D eigenvalue weighted by atomic mass is 35.5. The van der Waals surface area contributed by atoms with Crippen molar-refractivity contribution in [2.75, 3.05) is 12.0 Å². The number of carbonyl (C=O) groups excluding carboxylic acids is 1. The molecule has 5 nitrogen and oxygen atoms in total. The molecule has 0 saturated carbocycles. The molecule has 0 aliphatic carbocycles. The molecule has 1 aromatic carbocycles. The van der Waals surface area contributed by atoms with Crippen LogP contribution in [0.25, 0.3) is 0 Å². The Bertz CT molecular complexity index is 726. The monoisotopic (exact) mass is 347 g/mol. The minimum atomic E-state index is -0.408. The van der Waals surface area contributed by atoms with Crippen molar-refractivity contribution in [2.45, 2.75) is 33.1 Å². The molecule has 0 aliphatic heterocycles. The molecule has 1 aromatic heterocycles. The van der Waals surface area contributed by atoms with Crippen LogP contribution in [0.1, 0.15) is 31.9 Å². The summed E-state index contributed by atoms with van der Waals surface area (Å²) in [5.74, 6) is 0.757. The fourth-order valence-electron chi connectivity index (χ4n) is 2.18. The van der Waals surface area contributed by atoms with Crippen LogP contribution in [0.3, 0.4) is 0 Å². The number of nitrogens with zero attached hydrogens (tertiary/aromatic N) is 1. The lowest BCUT2D eigenvalue weighted by Crippen LogP contribution is -2.32. The third-order valence-corrected chi connectivity index (χ3v) is 3.71. The summed E-state index contributed by atoms with van der Waals surface area (Å²) in [5.41, 5.74) is 2.67. The Morgan fingerprint density at radius 3 is 2.71 bits per heavy atom. The van der Waals surface area contributed by atoms with Crippen molar-refractivity contribution in [1.82, 2.24) is 10.3 Å². The summed E-state index contributed by atoms with van der Waals surface area (Å²) < 4.78 is 5.74. The number of hydrogen-bond donors (Lipinski definition) is 2. The van der Waals surface area contributed by atoms with Gasteiger partial charge < -0.3 is 15.4 Å². The van der Waals surface area contributed by atoms with Gasteiger partial charge in [0.05, 0.1) is 5.69 Å². The van der Waals surface area contributed by atoms with Crippen LogP contribution in [-0.4, -0.2) is 17.7 Å². The van der Waals surface area contributed by atoms with Crippen molar-refractivity contribution in [3.05, 3.63) is 52.8 Å². The van der Waals surface area contributed by atoms with E-state index >= 15 is 0 Å². The van der Waals surface area contributed by atoms with Gasteiger partial charge in [-0.05, 0) is 36.1 Å². The second kappa shape index (κ2) is 7.53. The molecule has 1 heterocycles. The topological polar surface area (TPSA) is 63.2 Å². The zero-order valence-electron chi connectivity index (χ0n) is 14.3. The molecule has 0 radical (unpaired) electrons. The van der Waals surface area contributed by atoms with Crippen LogP contribution in [0.4, 0.5) is 10.5 Å². The highest BCUT2D eigenvalue weighted by molar-refractivity contribution is 6.32. The first-order valence-electron chi connectivity index (χ1n) is 7.66. The fourth-order valence-corrected chi connectivity index (χ4v) is 2.35. The first-order chi connectivity index (χ1) is 11.3. The van der Waals surface area contributed by atoms with Crippen LogP contribution in [0.15, 0.2) is 36.5 Å². The molecule has 0 bridgehead atoms. The number of ether oxygens (including phenoxy) is 1. The van der Waals surface area contributed by atoms with E-state index in [2.05, 4.69) is 42.5 Å². The van der Waals surface area contributed by atoms with Gasteiger partial charge in [0.25, 0.3) is 0 Å². The highest BCUT2D eigenvalue weighted by Crippen LogP contribution is 2.32. The van der Waals surface area contributed by atoms with Crippen LogP contribution < -0.4 is 15.4 Å². The van der Waals surface area contributed by atoms with Gasteiger partial charge in [0.15, 0.2) is 11.9 Å². The van der Waals surface area contributed by atoms with Gasteiger partial charge in [-0.1, -0.05) is 50.1 Å². The third kappa shape index (κ3) is 4.86. The summed E-state index contributed by atoms with van der Waals surface area (Å²) in [6.45, 7) is 8.47. The predicted octanol–water partition coefficient (Wildman–Crippen LogP) is 4.50. The van der Waals surface area contributed by atoms with E-state index in [1.54, 1.807) is 18.3 Å². The van der Waals surface area contributed by atoms with Crippen LogP contribution in [0.5, 0.6) is 5.75 Å². The standard InChI is InChI=1S/C18H22ClN3O2/c1-12-7-8-15(13(10-12)18(2,3)4)24-11-21-17(23)22-14-6-5-9-20-16(14)19/h5-10H,11H2,1-4H3,(H2,21,22,23). The van der Waals surface area contributed by atoms with E-state index < -0.39 is 6.03 Å². The van der Waals surface area contributed by atoms with Crippen LogP contribution in [0, 0.1) is 6.92 Å². The molecule has 128 valence electrons. The zero-order valence-corrected chi connectivity index (χ0v) is 15.1. The van der Waals surface area contributed by atoms with E-state index in [0.29, 0.717) is 5.69 Å². The molecule has 6 heteroatoms. The summed E-state index contributed by atoms with van der Waals surface area (Å²) in [7, 11) is 0. The van der Waals surface area contributed by atoms with Crippen molar-refractivity contribution >= 4 is 23.3 Å². The Hall–Kier alpha value is -2.27. The van der Waals surface area contributed by atoms with Gasteiger partial charge in [-0.3, -0.25) is 0 Å². The van der Waals surface area contributed by atoms with Gasteiger partial charge in [0.2, 0.25) is 0 Å². The average molecular weight is 348 g/mol. The van der Waals surface area contributed by atoms with E-state index in [0.717, 1.165) is 11.3 Å². The molecule has 2 amide bonds. The number of aromatic nitrogens is 1. The molecule has 2 rings (SSSR count). The van der Waals surface area contributed by atoms with E-state index in [4.69, 9.17) is 16.3 Å². The Morgan fingerprint density at radius 1 is 1.29 bits per heavy atom. The number of nitrogens with one attached hydrogen (secondary N) is 2. The molecule has 0 spiro atoms. The molecule has 24 heavy (non-hydrogen) atoms. The molecular weight excluding hydrogens is 326 g/mol. The van der Waals surface area contributed by atoms with E-state index in [1.807, 2.05) is 19.1 Å². The van der Waals surface area contributed by atoms with Gasteiger partial charge >= 0.3 is 6.03 Å². The number of anilines is 1. The van der Waals surface area contributed by atoms with E-state index in [-0.39, 0.29) is 17.3 Å². The van der Waals surface area contributed by atoms with Crippen molar-refractivity contribution < 1.29 is 9.53 Å². The largest absolute Gasteiger partial charge is 0.473 e. The maximum absolute atomic E-state index is 11.9. The van der Waals surface area contributed by atoms with E-state index in [9.17, 15) is 4.79 Å². The van der Waals surface area contributed by atoms with Gasteiger partial charge in [-0.25, -0.2) is 9.78 Å². The van der Waals surface area contributed by atoms with Crippen molar-refractivity contribution in [3.8, 4) is 5.75 Å². The SMILES string of the molecule is Cc1ccc(OCNC(=O)Nc2cccnc2Cl)c(C(C)(C)C)c1. The van der Waals surface area contributed by atoms with Crippen LogP contribution in [0.2, 0.25) is 5.15 Å². The molecular formula is C18H22ClN3O2. The molecule has 0 atom stereocenters. The minimum absolute atomic E-state index is 0.0488. The molecule has 0 fully saturated rings. The smallest absolute Gasteiger partial charge is 0.321 e. The van der Waals surface area contributed by atoms with Gasteiger partial charge in [0.1, 0.15) is 5.75 Å². The Balaban J connectivity index is 1.95. The Kier molecular flexibility index (Phi) is 5.67. The second-order valence-corrected chi connectivity index (χ2v) is 6.87. The lowest BCUT2D eigenvalue weighted by Gasteiger charge is -2.23. The molecule has 0 aliphatic rings. The number of pyridine rings is 1. The Morgan fingerprint density at radius 2 is 2.04 bits per heavy atom. The molecule has 2 N–H and O–H groups in total. The number of rotatable bonds is 4. The molecule has 0 unspecified atom stereocenters. The summed E-state index contributed by atoms with van der Waals surface area (Å²) in [5, 5.41) is 5.51. The lowest BCUT2D eigenvalue weighted by molar-refractivity contribution is 0.233. The number of halogens is 1. The summed E-state index contributed by atoms with van der Waals surface area (Å²) in [6, 6.07) is 8.97. The maximum atomic E-state index is 11.9. The first kappa shape index (κ1) is 18.1. The van der Waals surface area contributed by atoms with Gasteiger partial charge in [-0.15, -0.1) is 0 Å². The van der Waals surface area contributed by atoms with Crippen LogP contribution in [-0.2, 0) is 5.41 Å². The number of carbonyl (C=O) groups is 1. The third-order valence-electron chi connectivity index (χ3n) is 3.41. The number of benzene rings is 1. The fraction of sp³-hybridized carbons (Fsp3) is 0.333. The number of amides is 2. The predicted molar refractivity (Wildman–Crippen MR) is 96.8 cm³/mol. The van der Waals surface area contributed by atoms with Crippen molar-refractivity contribution in [2.24, 2.45) is 0 Å². The first-order valence-corrected chi connectivity index (χ1v) is 8.04. The minimum Gasteiger partial charge on any atom is -0.473 e. The lowest BCUT2D eigenvalue weighted by atomic mass is 9.85. The Labute approximate surface area is 147 Å². The molecule has 2 aromatic rings. The maximum Gasteiger partial charge on any atom is 0.321 e. The summed E-state index contributed by atoms with van der Waals surface area (Å²) >= 11 is 5.90. The normalized spacial score (nSPS) is 11.0. The average Bonchev–Trinajstić information content (AvgIpc) is 2.50. The molecule has 0 saturated heterocycles. The number of hydrogen-bond acceptors (Lipinski definition) is 3. The van der Waals surface area contributed by atoms with Crippen molar-refractivity contribution in [3.63, 3.8) is 0 Å². The summed E-state index contributed by atoms with van der Waals surface area (Å²) in [6.07, 6.45) is 1.56. The van der Waals surface area contributed by atoms with Crippen LogP contribution >= 0.6 is 11.6 Å². The summed E-state index contributed by atoms with van der Waals surface area (Å²) in [4.78, 5) is 15.8. The zero-order chi connectivity index (χ0) is 17.7. The second-order valence-electron chi connectivity index (χ2n) is 6.51. The highest BCUT2D eigenvalue weighted by Gasteiger charge is 2.19. The quantitative estimate of drug-likeness (QED) is 0.632. The number of aryl methyl sites for hydroxylation is 1.